The number of carboxylic acid groups (broad SMARTS) is 1. The molecule has 0 spiro atoms. The molecule has 0 saturated heterocycles. The molecule has 0 heterocycles. The number of aliphatic hydroxyl groups is 1. The Bertz CT molecular complexity index is 185. The van der Waals surface area contributed by atoms with Gasteiger partial charge in [0.2, 0.25) is 0 Å². The van der Waals surface area contributed by atoms with Crippen LogP contribution in [0.25, 0.3) is 0 Å². The minimum atomic E-state index is -1.46. The summed E-state index contributed by atoms with van der Waals surface area (Å²) in [5.41, 5.74) is -1.46. The van der Waals surface area contributed by atoms with Crippen LogP contribution in [0.2, 0.25) is 0 Å². The molecule has 4 heteroatoms. The average Bonchev–Trinajstić information content (AvgIpc) is 2.00. The van der Waals surface area contributed by atoms with E-state index in [2.05, 4.69) is 0 Å². The Balaban J connectivity index is 3.91. The van der Waals surface area contributed by atoms with Crippen LogP contribution in [-0.2, 0) is 4.79 Å². The fourth-order valence-electron chi connectivity index (χ4n) is 0.625. The number of hydrogen-bond acceptors (Lipinski definition) is 3. The largest absolute Gasteiger partial charge is 0.481 e. The van der Waals surface area contributed by atoms with Crippen LogP contribution >= 0.6 is 0 Å². The Labute approximate surface area is 65.1 Å². The third-order valence-electron chi connectivity index (χ3n) is 1.55. The standard InChI is InChI=1S/C7H11NO3/c1-2-7(11,5-8)4-3-6(9)10/h11H,2-4H2,1H3,(H,9,10). The number of carbonyl (C=O) groups is 1. The van der Waals surface area contributed by atoms with Gasteiger partial charge in [0, 0.05) is 6.42 Å². The zero-order valence-corrected chi connectivity index (χ0v) is 6.37. The molecule has 0 radical (unpaired) electrons. The highest BCUT2D eigenvalue weighted by Gasteiger charge is 2.24. The van der Waals surface area contributed by atoms with E-state index < -0.39 is 11.6 Å². The first-order valence-electron chi connectivity index (χ1n) is 3.39. The molecule has 0 aromatic heterocycles. The van der Waals surface area contributed by atoms with Gasteiger partial charge in [0.25, 0.3) is 0 Å². The normalized spacial score (nSPS) is 15.0. The summed E-state index contributed by atoms with van der Waals surface area (Å²) in [5, 5.41) is 25.9. The lowest BCUT2D eigenvalue weighted by atomic mass is 9.97. The predicted molar refractivity (Wildman–Crippen MR) is 37.7 cm³/mol. The fraction of sp³-hybridized carbons (Fsp3) is 0.714. The van der Waals surface area contributed by atoms with Crippen molar-refractivity contribution in [2.45, 2.75) is 31.8 Å². The van der Waals surface area contributed by atoms with Crippen molar-refractivity contribution in [1.82, 2.24) is 0 Å². The molecule has 2 N–H and O–H groups in total. The highest BCUT2D eigenvalue weighted by atomic mass is 16.4. The van der Waals surface area contributed by atoms with Crippen molar-refractivity contribution >= 4 is 5.97 Å². The molecule has 11 heavy (non-hydrogen) atoms. The van der Waals surface area contributed by atoms with Gasteiger partial charge in [0.05, 0.1) is 6.07 Å². The summed E-state index contributed by atoms with van der Waals surface area (Å²) in [6.07, 6.45) is 0.0873. The zero-order valence-electron chi connectivity index (χ0n) is 6.37. The number of aliphatic carboxylic acids is 1. The van der Waals surface area contributed by atoms with Crippen molar-refractivity contribution in [2.24, 2.45) is 0 Å². The molecule has 0 aliphatic heterocycles. The van der Waals surface area contributed by atoms with Gasteiger partial charge < -0.3 is 10.2 Å². The van der Waals surface area contributed by atoms with E-state index in [9.17, 15) is 9.90 Å². The van der Waals surface area contributed by atoms with Crippen LogP contribution in [0.3, 0.4) is 0 Å². The van der Waals surface area contributed by atoms with Gasteiger partial charge in [-0.05, 0) is 12.8 Å². The van der Waals surface area contributed by atoms with Crippen LogP contribution in [0.5, 0.6) is 0 Å². The highest BCUT2D eigenvalue weighted by Crippen LogP contribution is 2.15. The SMILES string of the molecule is CCC(O)(C#N)CCC(=O)O. The predicted octanol–water partition coefficient (Wildman–Crippen LogP) is 0.516. The Morgan fingerprint density at radius 2 is 2.27 bits per heavy atom. The van der Waals surface area contributed by atoms with Crippen molar-refractivity contribution in [3.05, 3.63) is 0 Å². The molecule has 0 amide bonds. The van der Waals surface area contributed by atoms with Crippen molar-refractivity contribution in [3.63, 3.8) is 0 Å². The lowest BCUT2D eigenvalue weighted by Gasteiger charge is -2.15. The summed E-state index contributed by atoms with van der Waals surface area (Å²) in [6, 6.07) is 1.68. The van der Waals surface area contributed by atoms with E-state index in [0.717, 1.165) is 0 Å². The molecule has 1 unspecified atom stereocenters. The van der Waals surface area contributed by atoms with E-state index in [-0.39, 0.29) is 19.3 Å². The maximum absolute atomic E-state index is 10.1. The summed E-state index contributed by atoms with van der Waals surface area (Å²) < 4.78 is 0. The summed E-state index contributed by atoms with van der Waals surface area (Å²) >= 11 is 0. The van der Waals surface area contributed by atoms with Crippen molar-refractivity contribution in [3.8, 4) is 6.07 Å². The second-order valence-corrected chi connectivity index (χ2v) is 2.39. The van der Waals surface area contributed by atoms with Crippen LogP contribution in [0.1, 0.15) is 26.2 Å². The fourth-order valence-corrected chi connectivity index (χ4v) is 0.625. The van der Waals surface area contributed by atoms with Crippen LogP contribution in [0.15, 0.2) is 0 Å². The molecule has 0 rings (SSSR count). The Kier molecular flexibility index (Phi) is 3.55. The molecule has 0 aromatic rings. The molecule has 62 valence electrons. The number of rotatable bonds is 4. The lowest BCUT2D eigenvalue weighted by molar-refractivity contribution is -0.138. The molecule has 0 saturated carbocycles. The van der Waals surface area contributed by atoms with Crippen LogP contribution in [0, 0.1) is 11.3 Å². The number of nitrogens with zero attached hydrogens (tertiary/aromatic N) is 1. The molecule has 0 aromatic carbocycles. The van der Waals surface area contributed by atoms with Gasteiger partial charge in [-0.1, -0.05) is 6.92 Å². The summed E-state index contributed by atoms with van der Waals surface area (Å²) in [6.45, 7) is 1.64. The number of nitriles is 1. The molecular formula is C7H11NO3. The third kappa shape index (κ3) is 3.58. The first kappa shape index (κ1) is 9.92. The highest BCUT2D eigenvalue weighted by molar-refractivity contribution is 5.66. The van der Waals surface area contributed by atoms with Crippen LogP contribution < -0.4 is 0 Å². The second-order valence-electron chi connectivity index (χ2n) is 2.39. The van der Waals surface area contributed by atoms with Gasteiger partial charge in [0.15, 0.2) is 5.60 Å². The van der Waals surface area contributed by atoms with E-state index in [4.69, 9.17) is 10.4 Å². The van der Waals surface area contributed by atoms with Gasteiger partial charge in [-0.25, -0.2) is 0 Å². The van der Waals surface area contributed by atoms with Crippen LogP contribution in [0.4, 0.5) is 0 Å². The summed E-state index contributed by atoms with van der Waals surface area (Å²) in [4.78, 5) is 10.1. The smallest absolute Gasteiger partial charge is 0.303 e. The summed E-state index contributed by atoms with van der Waals surface area (Å²) in [5.74, 6) is -0.993. The van der Waals surface area contributed by atoms with Crippen molar-refractivity contribution < 1.29 is 15.0 Å². The average molecular weight is 157 g/mol. The van der Waals surface area contributed by atoms with E-state index in [1.165, 1.54) is 0 Å². The maximum atomic E-state index is 10.1. The van der Waals surface area contributed by atoms with Gasteiger partial charge in [0.1, 0.15) is 0 Å². The minimum Gasteiger partial charge on any atom is -0.481 e. The van der Waals surface area contributed by atoms with E-state index in [0.29, 0.717) is 0 Å². The molecule has 1 atom stereocenters. The molecule has 0 fully saturated rings. The molecule has 0 bridgehead atoms. The van der Waals surface area contributed by atoms with Crippen molar-refractivity contribution in [2.75, 3.05) is 0 Å². The first-order chi connectivity index (χ1) is 5.04. The molecular weight excluding hydrogens is 146 g/mol. The van der Waals surface area contributed by atoms with Crippen molar-refractivity contribution in [1.29, 1.82) is 5.26 Å². The molecule has 4 nitrogen and oxygen atoms in total. The Morgan fingerprint density at radius 1 is 1.73 bits per heavy atom. The molecule has 0 aliphatic carbocycles. The van der Waals surface area contributed by atoms with E-state index in [1.54, 1.807) is 13.0 Å². The number of hydrogen-bond donors (Lipinski definition) is 2. The van der Waals surface area contributed by atoms with Gasteiger partial charge >= 0.3 is 5.97 Å². The monoisotopic (exact) mass is 157 g/mol. The Hall–Kier alpha value is -1.08. The van der Waals surface area contributed by atoms with Gasteiger partial charge in [-0.2, -0.15) is 5.26 Å². The second kappa shape index (κ2) is 3.94. The van der Waals surface area contributed by atoms with E-state index >= 15 is 0 Å². The minimum absolute atomic E-state index is 0.00463. The van der Waals surface area contributed by atoms with Crippen LogP contribution in [-0.4, -0.2) is 21.8 Å². The first-order valence-corrected chi connectivity index (χ1v) is 3.39. The molecule has 0 aliphatic rings. The Morgan fingerprint density at radius 3 is 2.55 bits per heavy atom. The number of carboxylic acids is 1. The topological polar surface area (TPSA) is 81.3 Å². The van der Waals surface area contributed by atoms with Gasteiger partial charge in [-0.15, -0.1) is 0 Å². The zero-order chi connectivity index (χ0) is 8.91. The lowest BCUT2D eigenvalue weighted by Crippen LogP contribution is -2.25. The van der Waals surface area contributed by atoms with E-state index in [1.807, 2.05) is 0 Å². The maximum Gasteiger partial charge on any atom is 0.303 e. The third-order valence-corrected chi connectivity index (χ3v) is 1.55. The van der Waals surface area contributed by atoms with Gasteiger partial charge in [-0.3, -0.25) is 4.79 Å². The summed E-state index contributed by atoms with van der Waals surface area (Å²) in [7, 11) is 0. The quantitative estimate of drug-likeness (QED) is 0.583.